The lowest BCUT2D eigenvalue weighted by molar-refractivity contribution is -0.147. The predicted octanol–water partition coefficient (Wildman–Crippen LogP) is 4.86. The summed E-state index contributed by atoms with van der Waals surface area (Å²) < 4.78 is 59.7. The van der Waals surface area contributed by atoms with Crippen molar-refractivity contribution in [3.8, 4) is 12.3 Å². The van der Waals surface area contributed by atoms with Crippen LogP contribution >= 0.6 is 23.2 Å². The van der Waals surface area contributed by atoms with Crippen LogP contribution in [0.1, 0.15) is 25.0 Å². The number of rotatable bonds is 4. The Morgan fingerprint density at radius 3 is 2.16 bits per heavy atom. The van der Waals surface area contributed by atoms with E-state index >= 15 is 0 Å². The molecule has 2 atom stereocenters. The van der Waals surface area contributed by atoms with E-state index in [1.165, 1.54) is 12.0 Å². The third kappa shape index (κ3) is 3.49. The number of halogens is 6. The molecule has 0 aromatic heterocycles. The Kier molecular flexibility index (Phi) is 5.41. The number of ether oxygens (including phenoxy) is 1. The number of carbonyl (C=O) groups excluding carboxylic acids is 1. The van der Waals surface area contributed by atoms with E-state index in [2.05, 4.69) is 0 Å². The van der Waals surface area contributed by atoms with Crippen LogP contribution in [0.2, 0.25) is 0 Å². The summed E-state index contributed by atoms with van der Waals surface area (Å²) in [6, 6.07) is 0. The smallest absolute Gasteiger partial charge is 0.310 e. The predicted molar refractivity (Wildman–Crippen MR) is 84.6 cm³/mol. The maximum absolute atomic E-state index is 13.8. The Morgan fingerprint density at radius 2 is 1.72 bits per heavy atom. The fourth-order valence-corrected chi connectivity index (χ4v) is 3.01. The highest BCUT2D eigenvalue weighted by molar-refractivity contribution is 6.55. The number of hydrogen-bond acceptors (Lipinski definition) is 2. The topological polar surface area (TPSA) is 26.3 Å². The highest BCUT2D eigenvalue weighted by Gasteiger charge is 2.61. The van der Waals surface area contributed by atoms with Crippen LogP contribution in [0.3, 0.4) is 0 Å². The fraction of sp³-hybridized carbons (Fsp3) is 0.353. The van der Waals surface area contributed by atoms with Gasteiger partial charge < -0.3 is 4.74 Å². The van der Waals surface area contributed by atoms with Crippen molar-refractivity contribution in [2.24, 2.45) is 17.3 Å². The average molecular weight is 395 g/mol. The van der Waals surface area contributed by atoms with Crippen molar-refractivity contribution in [2.45, 2.75) is 20.5 Å². The van der Waals surface area contributed by atoms with E-state index in [1.807, 2.05) is 0 Å². The molecule has 1 aromatic carbocycles. The van der Waals surface area contributed by atoms with Crippen molar-refractivity contribution >= 4 is 29.2 Å². The Morgan fingerprint density at radius 1 is 1.20 bits per heavy atom. The number of benzene rings is 1. The van der Waals surface area contributed by atoms with E-state index < -0.39 is 58.3 Å². The van der Waals surface area contributed by atoms with Crippen LogP contribution in [0.25, 0.3) is 0 Å². The third-order valence-electron chi connectivity index (χ3n) is 4.33. The zero-order valence-electron chi connectivity index (χ0n) is 13.1. The van der Waals surface area contributed by atoms with Gasteiger partial charge in [-0.25, -0.2) is 17.6 Å². The summed E-state index contributed by atoms with van der Waals surface area (Å²) in [5.41, 5.74) is -2.73. The molecular weight excluding hydrogens is 383 g/mol. The summed E-state index contributed by atoms with van der Waals surface area (Å²) in [6.45, 7) is 2.52. The summed E-state index contributed by atoms with van der Waals surface area (Å²) in [5, 5.41) is 0. The highest BCUT2D eigenvalue weighted by Crippen LogP contribution is 2.60. The largest absolute Gasteiger partial charge is 0.460 e. The lowest BCUT2D eigenvalue weighted by Gasteiger charge is -2.10. The molecule has 0 bridgehead atoms. The monoisotopic (exact) mass is 394 g/mol. The van der Waals surface area contributed by atoms with Gasteiger partial charge in [-0.2, -0.15) is 0 Å². The second-order valence-electron chi connectivity index (χ2n) is 6.14. The van der Waals surface area contributed by atoms with Crippen molar-refractivity contribution in [2.75, 3.05) is 0 Å². The summed E-state index contributed by atoms with van der Waals surface area (Å²) in [5.74, 6) is -7.06. The van der Waals surface area contributed by atoms with E-state index in [9.17, 15) is 22.4 Å². The first-order chi connectivity index (χ1) is 11.5. The van der Waals surface area contributed by atoms with Gasteiger partial charge >= 0.3 is 5.97 Å². The van der Waals surface area contributed by atoms with E-state index in [-0.39, 0.29) is 10.4 Å². The van der Waals surface area contributed by atoms with Crippen molar-refractivity contribution in [1.82, 2.24) is 0 Å². The molecule has 2 rings (SSSR count). The summed E-state index contributed by atoms with van der Waals surface area (Å²) in [6.07, 6.45) is 6.27. The van der Waals surface area contributed by atoms with Crippen molar-refractivity contribution in [1.29, 1.82) is 0 Å². The highest BCUT2D eigenvalue weighted by atomic mass is 35.5. The Hall–Kier alpha value is -1.71. The summed E-state index contributed by atoms with van der Waals surface area (Å²) >= 11 is 11.1. The minimum atomic E-state index is -1.71. The normalized spacial score (nSPS) is 20.6. The minimum absolute atomic E-state index is 0.0283. The molecule has 1 saturated carbocycles. The summed E-state index contributed by atoms with van der Waals surface area (Å²) in [4.78, 5) is 12.1. The molecule has 1 aliphatic carbocycles. The van der Waals surface area contributed by atoms with E-state index in [1.54, 1.807) is 13.8 Å². The summed E-state index contributed by atoms with van der Waals surface area (Å²) in [7, 11) is 0. The number of allylic oxidation sites excluding steroid dienone is 1. The van der Waals surface area contributed by atoms with Crippen molar-refractivity contribution in [3.05, 3.63) is 45.0 Å². The van der Waals surface area contributed by atoms with Gasteiger partial charge in [0.1, 0.15) is 16.7 Å². The van der Waals surface area contributed by atoms with Gasteiger partial charge in [0.25, 0.3) is 0 Å². The van der Waals surface area contributed by atoms with Gasteiger partial charge in [-0.3, -0.25) is 4.79 Å². The zero-order chi connectivity index (χ0) is 19.1. The Balaban J connectivity index is 2.20. The van der Waals surface area contributed by atoms with E-state index in [4.69, 9.17) is 34.4 Å². The van der Waals surface area contributed by atoms with E-state index in [0.717, 1.165) is 0 Å². The molecule has 0 spiro atoms. The SMILES string of the molecule is C#Cc1c(F)c(F)c(COC(=O)[C@@H]2[C@@H](C=C(Cl)Cl)C2(C)C)c(F)c1F. The molecule has 0 radical (unpaired) electrons. The molecule has 1 aromatic rings. The van der Waals surface area contributed by atoms with Crippen molar-refractivity contribution in [3.63, 3.8) is 0 Å². The standard InChI is InChI=1S/C17H12Cl2F4O2/c1-4-7-12(20)14(22)8(15(23)13(7)21)6-25-16(24)11-9(5-10(18)19)17(11,2)3/h1,5,9,11H,6H2,2-3H3/t9-,11+/m1/s1. The molecular formula is C17H12Cl2F4O2. The van der Waals surface area contributed by atoms with Crippen LogP contribution in [-0.2, 0) is 16.1 Å². The molecule has 0 unspecified atom stereocenters. The molecule has 0 N–H and O–H groups in total. The average Bonchev–Trinajstić information content (AvgIpc) is 3.05. The lowest BCUT2D eigenvalue weighted by atomic mass is 10.1. The number of terminal acetylenes is 1. The van der Waals surface area contributed by atoms with Crippen LogP contribution in [0.5, 0.6) is 0 Å². The molecule has 8 heteroatoms. The Bertz CT molecular complexity index is 779. The minimum Gasteiger partial charge on any atom is -0.460 e. The first-order valence-corrected chi connectivity index (χ1v) is 7.80. The molecule has 134 valence electrons. The number of esters is 1. The second kappa shape index (κ2) is 6.89. The zero-order valence-corrected chi connectivity index (χ0v) is 14.6. The number of carbonyl (C=O) groups is 1. The first kappa shape index (κ1) is 19.6. The maximum Gasteiger partial charge on any atom is 0.310 e. The molecule has 0 amide bonds. The first-order valence-electron chi connectivity index (χ1n) is 7.04. The van der Waals surface area contributed by atoms with Gasteiger partial charge in [-0.05, 0) is 17.4 Å². The van der Waals surface area contributed by atoms with Crippen LogP contribution in [0.4, 0.5) is 17.6 Å². The molecule has 0 heterocycles. The molecule has 1 fully saturated rings. The van der Waals surface area contributed by atoms with Gasteiger partial charge in [-0.15, -0.1) is 6.42 Å². The molecule has 0 aliphatic heterocycles. The van der Waals surface area contributed by atoms with Crippen LogP contribution in [0, 0.1) is 52.9 Å². The van der Waals surface area contributed by atoms with Crippen LogP contribution in [0.15, 0.2) is 10.6 Å². The van der Waals surface area contributed by atoms with Gasteiger partial charge in [0.15, 0.2) is 23.3 Å². The maximum atomic E-state index is 13.8. The molecule has 25 heavy (non-hydrogen) atoms. The van der Waals surface area contributed by atoms with Gasteiger partial charge in [0.05, 0.1) is 11.5 Å². The fourth-order valence-electron chi connectivity index (χ4n) is 2.74. The van der Waals surface area contributed by atoms with Gasteiger partial charge in [0, 0.05) is 0 Å². The van der Waals surface area contributed by atoms with Crippen LogP contribution < -0.4 is 0 Å². The molecule has 2 nitrogen and oxygen atoms in total. The Labute approximate surface area is 151 Å². The van der Waals surface area contributed by atoms with Gasteiger partial charge in [0.2, 0.25) is 0 Å². The van der Waals surface area contributed by atoms with Crippen LogP contribution in [-0.4, -0.2) is 5.97 Å². The lowest BCUT2D eigenvalue weighted by Crippen LogP contribution is -2.14. The van der Waals surface area contributed by atoms with Crippen molar-refractivity contribution < 1.29 is 27.1 Å². The quantitative estimate of drug-likeness (QED) is 0.315. The second-order valence-corrected chi connectivity index (χ2v) is 7.15. The third-order valence-corrected chi connectivity index (χ3v) is 4.58. The van der Waals surface area contributed by atoms with Gasteiger partial charge in [-0.1, -0.05) is 43.0 Å². The molecule has 0 saturated heterocycles. The molecule has 1 aliphatic rings. The number of hydrogen-bond donors (Lipinski definition) is 0. The van der Waals surface area contributed by atoms with E-state index in [0.29, 0.717) is 0 Å².